The molecule has 0 heterocycles. The standard InChI is InChI=1S/C11H22O3S/c1-5-9(6-2)7-15(14)10(8(3)4)11(12)13/h8-10H,5-7H2,1-4H3,(H,12,13). The maximum Gasteiger partial charge on any atom is 0.319 e. The monoisotopic (exact) mass is 234 g/mol. The molecule has 0 aromatic carbocycles. The zero-order valence-corrected chi connectivity index (χ0v) is 10.8. The van der Waals surface area contributed by atoms with Gasteiger partial charge in [-0.2, -0.15) is 0 Å². The Kier molecular flexibility index (Phi) is 6.81. The van der Waals surface area contributed by atoms with E-state index in [1.165, 1.54) is 0 Å². The number of hydrogen-bond donors (Lipinski definition) is 1. The van der Waals surface area contributed by atoms with Gasteiger partial charge in [-0.05, 0) is 11.8 Å². The Hall–Kier alpha value is -0.380. The van der Waals surface area contributed by atoms with Gasteiger partial charge in [-0.15, -0.1) is 0 Å². The van der Waals surface area contributed by atoms with E-state index in [4.69, 9.17) is 5.11 Å². The maximum atomic E-state index is 11.9. The smallest absolute Gasteiger partial charge is 0.319 e. The molecule has 0 aromatic heterocycles. The summed E-state index contributed by atoms with van der Waals surface area (Å²) in [5.74, 6) is -0.110. The van der Waals surface area contributed by atoms with Crippen LogP contribution in [0.25, 0.3) is 0 Å². The molecular formula is C11H22O3S. The van der Waals surface area contributed by atoms with E-state index in [9.17, 15) is 9.00 Å². The maximum absolute atomic E-state index is 11.9. The molecule has 15 heavy (non-hydrogen) atoms. The Bertz CT molecular complexity index is 222. The van der Waals surface area contributed by atoms with Crippen LogP contribution in [0.2, 0.25) is 0 Å². The third kappa shape index (κ3) is 4.78. The number of rotatable bonds is 7. The van der Waals surface area contributed by atoms with Crippen molar-refractivity contribution in [3.63, 3.8) is 0 Å². The number of carbonyl (C=O) groups is 1. The molecule has 0 saturated heterocycles. The summed E-state index contributed by atoms with van der Waals surface area (Å²) >= 11 is 0. The quantitative estimate of drug-likeness (QED) is 0.735. The van der Waals surface area contributed by atoms with Crippen LogP contribution >= 0.6 is 0 Å². The van der Waals surface area contributed by atoms with Gasteiger partial charge in [0.1, 0.15) is 5.25 Å². The normalized spacial score (nSPS) is 15.6. The van der Waals surface area contributed by atoms with Gasteiger partial charge in [0.2, 0.25) is 0 Å². The van der Waals surface area contributed by atoms with Crippen molar-refractivity contribution in [2.24, 2.45) is 11.8 Å². The zero-order valence-electron chi connectivity index (χ0n) is 10.0. The van der Waals surface area contributed by atoms with Crippen LogP contribution in [0.1, 0.15) is 40.5 Å². The van der Waals surface area contributed by atoms with Crippen LogP contribution in [0.5, 0.6) is 0 Å². The summed E-state index contributed by atoms with van der Waals surface area (Å²) in [4.78, 5) is 10.9. The minimum absolute atomic E-state index is 0.0716. The van der Waals surface area contributed by atoms with Crippen molar-refractivity contribution in [1.82, 2.24) is 0 Å². The first-order valence-electron chi connectivity index (χ1n) is 5.53. The summed E-state index contributed by atoms with van der Waals surface area (Å²) in [5.41, 5.74) is 0. The first kappa shape index (κ1) is 14.6. The summed E-state index contributed by atoms with van der Waals surface area (Å²) in [7, 11) is -1.25. The Labute approximate surface area is 94.7 Å². The van der Waals surface area contributed by atoms with Gasteiger partial charge in [-0.25, -0.2) is 0 Å². The molecule has 3 nitrogen and oxygen atoms in total. The fraction of sp³-hybridized carbons (Fsp3) is 0.909. The molecule has 0 amide bonds. The van der Waals surface area contributed by atoms with Crippen LogP contribution in [0.15, 0.2) is 0 Å². The van der Waals surface area contributed by atoms with Gasteiger partial charge in [0.15, 0.2) is 0 Å². The van der Waals surface area contributed by atoms with E-state index < -0.39 is 22.0 Å². The molecule has 4 heteroatoms. The Morgan fingerprint density at radius 3 is 2.00 bits per heavy atom. The zero-order chi connectivity index (χ0) is 12.0. The molecule has 2 unspecified atom stereocenters. The van der Waals surface area contributed by atoms with E-state index in [1.807, 2.05) is 13.8 Å². The third-order valence-corrected chi connectivity index (χ3v) is 4.80. The van der Waals surface area contributed by atoms with Gasteiger partial charge in [0, 0.05) is 16.6 Å². The van der Waals surface area contributed by atoms with Gasteiger partial charge in [-0.1, -0.05) is 40.5 Å². The topological polar surface area (TPSA) is 54.4 Å². The lowest BCUT2D eigenvalue weighted by atomic mass is 10.1. The lowest BCUT2D eigenvalue weighted by Crippen LogP contribution is -2.33. The fourth-order valence-corrected chi connectivity index (χ4v) is 3.54. The van der Waals surface area contributed by atoms with E-state index in [2.05, 4.69) is 13.8 Å². The molecule has 1 N–H and O–H groups in total. The second-order valence-electron chi connectivity index (χ2n) is 4.23. The van der Waals surface area contributed by atoms with E-state index in [-0.39, 0.29) is 5.92 Å². The van der Waals surface area contributed by atoms with Crippen LogP contribution < -0.4 is 0 Å². The molecule has 0 aliphatic heterocycles. The molecule has 2 atom stereocenters. The van der Waals surface area contributed by atoms with Crippen LogP contribution in [0, 0.1) is 11.8 Å². The van der Waals surface area contributed by atoms with E-state index in [1.54, 1.807) is 0 Å². The number of hydrogen-bond acceptors (Lipinski definition) is 2. The Morgan fingerprint density at radius 1 is 1.27 bits per heavy atom. The van der Waals surface area contributed by atoms with Gasteiger partial charge in [-0.3, -0.25) is 9.00 Å². The molecule has 0 aliphatic carbocycles. The highest BCUT2D eigenvalue weighted by Gasteiger charge is 2.29. The largest absolute Gasteiger partial charge is 0.480 e. The van der Waals surface area contributed by atoms with Gasteiger partial charge in [0.25, 0.3) is 0 Å². The van der Waals surface area contributed by atoms with Crippen molar-refractivity contribution in [3.8, 4) is 0 Å². The van der Waals surface area contributed by atoms with Crippen LogP contribution in [0.4, 0.5) is 0 Å². The van der Waals surface area contributed by atoms with Crippen molar-refractivity contribution in [3.05, 3.63) is 0 Å². The average Bonchev–Trinajstić information content (AvgIpc) is 2.12. The Balaban J connectivity index is 4.45. The number of carboxylic acid groups (broad SMARTS) is 1. The molecule has 0 bridgehead atoms. The minimum Gasteiger partial charge on any atom is -0.480 e. The molecule has 0 rings (SSSR count). The van der Waals surface area contributed by atoms with Crippen molar-refractivity contribution in [2.45, 2.75) is 45.8 Å². The lowest BCUT2D eigenvalue weighted by Gasteiger charge is -2.19. The Morgan fingerprint density at radius 2 is 1.73 bits per heavy atom. The summed E-state index contributed by atoms with van der Waals surface area (Å²) in [6.45, 7) is 7.72. The SMILES string of the molecule is CCC(CC)CS(=O)C(C(=O)O)C(C)C. The van der Waals surface area contributed by atoms with Gasteiger partial charge < -0.3 is 5.11 Å². The average molecular weight is 234 g/mol. The third-order valence-electron chi connectivity index (χ3n) is 2.69. The van der Waals surface area contributed by atoms with Crippen LogP contribution in [-0.2, 0) is 15.6 Å². The van der Waals surface area contributed by atoms with Crippen LogP contribution in [0.3, 0.4) is 0 Å². The summed E-state index contributed by atoms with van der Waals surface area (Å²) in [6, 6.07) is 0. The first-order chi connectivity index (χ1) is 6.93. The van der Waals surface area contributed by atoms with Crippen LogP contribution in [-0.4, -0.2) is 26.3 Å². The molecule has 0 spiro atoms. The summed E-state index contributed by atoms with van der Waals surface area (Å²) in [5, 5.41) is 8.26. The van der Waals surface area contributed by atoms with Crippen molar-refractivity contribution >= 4 is 16.8 Å². The summed E-state index contributed by atoms with van der Waals surface area (Å²) < 4.78 is 11.9. The predicted octanol–water partition coefficient (Wildman–Crippen LogP) is 2.28. The van der Waals surface area contributed by atoms with Gasteiger partial charge >= 0.3 is 5.97 Å². The highest BCUT2D eigenvalue weighted by Crippen LogP contribution is 2.16. The minimum atomic E-state index is -1.25. The molecule has 90 valence electrons. The van der Waals surface area contributed by atoms with E-state index in [0.29, 0.717) is 11.7 Å². The number of carboxylic acids is 1. The highest BCUT2D eigenvalue weighted by molar-refractivity contribution is 7.86. The van der Waals surface area contributed by atoms with Gasteiger partial charge in [0.05, 0.1) is 0 Å². The van der Waals surface area contributed by atoms with Crippen molar-refractivity contribution < 1.29 is 14.1 Å². The molecule has 0 radical (unpaired) electrons. The molecule has 0 saturated carbocycles. The fourth-order valence-electron chi connectivity index (χ4n) is 1.56. The lowest BCUT2D eigenvalue weighted by molar-refractivity contribution is -0.137. The second-order valence-corrected chi connectivity index (χ2v) is 5.84. The molecule has 0 aromatic rings. The van der Waals surface area contributed by atoms with E-state index >= 15 is 0 Å². The molecule has 0 aliphatic rings. The molecular weight excluding hydrogens is 212 g/mol. The van der Waals surface area contributed by atoms with Crippen molar-refractivity contribution in [1.29, 1.82) is 0 Å². The highest BCUT2D eigenvalue weighted by atomic mass is 32.2. The van der Waals surface area contributed by atoms with E-state index in [0.717, 1.165) is 12.8 Å². The second kappa shape index (κ2) is 6.99. The summed E-state index contributed by atoms with van der Waals surface area (Å²) in [6.07, 6.45) is 1.93. The predicted molar refractivity (Wildman–Crippen MR) is 63.3 cm³/mol. The number of aliphatic carboxylic acids is 1. The van der Waals surface area contributed by atoms with Crippen molar-refractivity contribution in [2.75, 3.05) is 5.75 Å². The first-order valence-corrected chi connectivity index (χ1v) is 6.92. The molecule has 0 fully saturated rings.